The molecule has 5 N–H and O–H groups in total. The molecule has 4 aromatic rings. The third-order valence-corrected chi connectivity index (χ3v) is 4.85. The Morgan fingerprint density at radius 2 is 1.94 bits per heavy atom. The van der Waals surface area contributed by atoms with Gasteiger partial charge < -0.3 is 26.5 Å². The molecule has 3 aromatic carbocycles. The third-order valence-electron chi connectivity index (χ3n) is 4.85. The molecule has 8 nitrogen and oxygen atoms in total. The smallest absolute Gasteiger partial charge is 0.257 e. The SMILES string of the molecule is CNC(=O)COc1cccc(-c2nc(Nc3ccc(N)c(C=N)c3)c3ccccc3n2)c1. The van der Waals surface area contributed by atoms with Gasteiger partial charge in [-0.05, 0) is 42.5 Å². The van der Waals surface area contributed by atoms with Crippen molar-refractivity contribution >= 4 is 40.2 Å². The van der Waals surface area contributed by atoms with Gasteiger partial charge in [0.25, 0.3) is 5.91 Å². The summed E-state index contributed by atoms with van der Waals surface area (Å²) in [5.41, 5.74) is 9.36. The summed E-state index contributed by atoms with van der Waals surface area (Å²) in [5.74, 6) is 1.48. The maximum Gasteiger partial charge on any atom is 0.257 e. The molecule has 0 aliphatic carbocycles. The Labute approximate surface area is 185 Å². The summed E-state index contributed by atoms with van der Waals surface area (Å²) in [4.78, 5) is 20.9. The molecule has 0 bridgehead atoms. The van der Waals surface area contributed by atoms with Crippen LogP contribution in [0, 0.1) is 5.41 Å². The predicted molar refractivity (Wildman–Crippen MR) is 127 cm³/mol. The molecule has 0 aliphatic rings. The fourth-order valence-corrected chi connectivity index (χ4v) is 3.16. The zero-order chi connectivity index (χ0) is 22.5. The van der Waals surface area contributed by atoms with Crippen LogP contribution in [0.4, 0.5) is 17.2 Å². The maximum atomic E-state index is 11.5. The van der Waals surface area contributed by atoms with Crippen molar-refractivity contribution < 1.29 is 9.53 Å². The van der Waals surface area contributed by atoms with E-state index in [1.165, 1.54) is 6.21 Å². The van der Waals surface area contributed by atoms with Gasteiger partial charge in [-0.3, -0.25) is 4.79 Å². The molecule has 0 aliphatic heterocycles. The standard InChI is InChI=1S/C24H22N6O2/c1-27-22(31)14-32-18-6-4-5-15(12-18)23-29-21-8-3-2-7-19(21)24(30-23)28-17-9-10-20(26)16(11-17)13-25/h2-13,25H,14,26H2,1H3,(H,27,31)(H,28,29,30). The monoisotopic (exact) mass is 426 g/mol. The first-order valence-corrected chi connectivity index (χ1v) is 9.95. The number of carbonyl (C=O) groups excluding carboxylic acids is 1. The summed E-state index contributed by atoms with van der Waals surface area (Å²) >= 11 is 0. The van der Waals surface area contributed by atoms with Crippen LogP contribution in [0.2, 0.25) is 0 Å². The second-order valence-corrected chi connectivity index (χ2v) is 7.02. The highest BCUT2D eigenvalue weighted by Gasteiger charge is 2.11. The number of nitrogens with two attached hydrogens (primary N) is 1. The molecule has 0 atom stereocenters. The molecular formula is C24H22N6O2. The van der Waals surface area contributed by atoms with E-state index in [0.717, 1.165) is 22.2 Å². The Bertz CT molecular complexity index is 1300. The molecule has 0 spiro atoms. The number of carbonyl (C=O) groups is 1. The number of fused-ring (bicyclic) bond motifs is 1. The highest BCUT2D eigenvalue weighted by molar-refractivity contribution is 5.93. The average Bonchev–Trinajstić information content (AvgIpc) is 2.83. The van der Waals surface area contributed by atoms with Crippen LogP contribution in [0.3, 0.4) is 0 Å². The second kappa shape index (κ2) is 9.13. The lowest BCUT2D eigenvalue weighted by atomic mass is 10.1. The van der Waals surface area contributed by atoms with E-state index in [9.17, 15) is 4.79 Å². The summed E-state index contributed by atoms with van der Waals surface area (Å²) in [5, 5.41) is 14.2. The van der Waals surface area contributed by atoms with Gasteiger partial charge in [0.1, 0.15) is 11.6 Å². The number of likely N-dealkylation sites (N-methyl/N-ethyl adjacent to an activating group) is 1. The summed E-state index contributed by atoms with van der Waals surface area (Å²) in [6.07, 6.45) is 1.22. The summed E-state index contributed by atoms with van der Waals surface area (Å²) in [6.45, 7) is -0.0716. The quantitative estimate of drug-likeness (QED) is 0.263. The Balaban J connectivity index is 1.73. The zero-order valence-electron chi connectivity index (χ0n) is 17.4. The minimum absolute atomic E-state index is 0.0716. The first-order valence-electron chi connectivity index (χ1n) is 9.95. The number of nitrogens with one attached hydrogen (secondary N) is 3. The van der Waals surface area contributed by atoms with E-state index >= 15 is 0 Å². The molecule has 1 heterocycles. The summed E-state index contributed by atoms with van der Waals surface area (Å²) in [6, 6.07) is 20.4. The Morgan fingerprint density at radius 1 is 1.09 bits per heavy atom. The molecule has 4 rings (SSSR count). The van der Waals surface area contributed by atoms with Gasteiger partial charge >= 0.3 is 0 Å². The van der Waals surface area contributed by atoms with Crippen LogP contribution in [0.25, 0.3) is 22.3 Å². The van der Waals surface area contributed by atoms with Crippen molar-refractivity contribution in [2.45, 2.75) is 0 Å². The molecule has 0 unspecified atom stereocenters. The summed E-state index contributed by atoms with van der Waals surface area (Å²) < 4.78 is 5.55. The van der Waals surface area contributed by atoms with Crippen molar-refractivity contribution in [1.29, 1.82) is 5.41 Å². The van der Waals surface area contributed by atoms with Crippen molar-refractivity contribution in [2.75, 3.05) is 24.7 Å². The number of nitrogen functional groups attached to an aromatic ring is 1. The molecule has 32 heavy (non-hydrogen) atoms. The van der Waals surface area contributed by atoms with Gasteiger partial charge in [-0.15, -0.1) is 0 Å². The van der Waals surface area contributed by atoms with Crippen LogP contribution in [-0.4, -0.2) is 35.7 Å². The molecule has 0 fully saturated rings. The van der Waals surface area contributed by atoms with E-state index in [4.69, 9.17) is 25.8 Å². The largest absolute Gasteiger partial charge is 0.484 e. The first-order chi connectivity index (χ1) is 15.6. The number of nitrogens with zero attached hydrogens (tertiary/aromatic N) is 2. The van der Waals surface area contributed by atoms with Crippen LogP contribution in [0.15, 0.2) is 66.7 Å². The molecule has 1 amide bonds. The lowest BCUT2D eigenvalue weighted by molar-refractivity contribution is -0.122. The van der Waals surface area contributed by atoms with Gasteiger partial charge in [0.2, 0.25) is 0 Å². The molecule has 0 saturated carbocycles. The topological polar surface area (TPSA) is 126 Å². The molecule has 8 heteroatoms. The van der Waals surface area contributed by atoms with E-state index in [0.29, 0.717) is 28.6 Å². The number of para-hydroxylation sites is 1. The first kappa shape index (κ1) is 20.8. The summed E-state index contributed by atoms with van der Waals surface area (Å²) in [7, 11) is 1.56. The van der Waals surface area contributed by atoms with Crippen molar-refractivity contribution in [1.82, 2.24) is 15.3 Å². The van der Waals surface area contributed by atoms with Crippen molar-refractivity contribution in [3.63, 3.8) is 0 Å². The fourth-order valence-electron chi connectivity index (χ4n) is 3.16. The number of amides is 1. The number of hydrogen-bond donors (Lipinski definition) is 4. The Kier molecular flexibility index (Phi) is 5.94. The molecule has 1 aromatic heterocycles. The van der Waals surface area contributed by atoms with E-state index in [1.807, 2.05) is 42.5 Å². The number of rotatable bonds is 7. The van der Waals surface area contributed by atoms with Crippen molar-refractivity contribution in [3.05, 3.63) is 72.3 Å². The number of ether oxygens (including phenoxy) is 1. The van der Waals surface area contributed by atoms with Crippen molar-refractivity contribution in [3.8, 4) is 17.1 Å². The van der Waals surface area contributed by atoms with Crippen LogP contribution >= 0.6 is 0 Å². The molecule has 0 saturated heterocycles. The van der Waals surface area contributed by atoms with E-state index in [-0.39, 0.29) is 12.5 Å². The third kappa shape index (κ3) is 4.49. The second-order valence-electron chi connectivity index (χ2n) is 7.02. The Morgan fingerprint density at radius 3 is 2.75 bits per heavy atom. The van der Waals surface area contributed by atoms with Gasteiger partial charge in [0.05, 0.1) is 5.52 Å². The van der Waals surface area contributed by atoms with Crippen LogP contribution in [0.5, 0.6) is 5.75 Å². The van der Waals surface area contributed by atoms with Crippen LogP contribution in [0.1, 0.15) is 5.56 Å². The van der Waals surface area contributed by atoms with Crippen LogP contribution < -0.4 is 21.1 Å². The van der Waals surface area contributed by atoms with E-state index in [1.54, 1.807) is 31.3 Å². The molecule has 160 valence electrons. The van der Waals surface area contributed by atoms with Crippen LogP contribution in [-0.2, 0) is 4.79 Å². The lowest BCUT2D eigenvalue weighted by Gasteiger charge is -2.13. The van der Waals surface area contributed by atoms with Gasteiger partial charge in [0.15, 0.2) is 12.4 Å². The number of anilines is 3. The Hall–Kier alpha value is -4.46. The average molecular weight is 426 g/mol. The van der Waals surface area contributed by atoms with E-state index < -0.39 is 0 Å². The zero-order valence-corrected chi connectivity index (χ0v) is 17.4. The van der Waals surface area contributed by atoms with E-state index in [2.05, 4.69) is 10.6 Å². The van der Waals surface area contributed by atoms with Gasteiger partial charge in [-0.2, -0.15) is 0 Å². The molecular weight excluding hydrogens is 404 g/mol. The fraction of sp³-hybridized carbons (Fsp3) is 0.0833. The normalized spacial score (nSPS) is 10.5. The number of benzene rings is 3. The minimum Gasteiger partial charge on any atom is -0.484 e. The highest BCUT2D eigenvalue weighted by atomic mass is 16.5. The minimum atomic E-state index is -0.211. The lowest BCUT2D eigenvalue weighted by Crippen LogP contribution is -2.24. The van der Waals surface area contributed by atoms with Crippen molar-refractivity contribution in [2.24, 2.45) is 0 Å². The number of aromatic nitrogens is 2. The maximum absolute atomic E-state index is 11.5. The molecule has 0 radical (unpaired) electrons. The van der Waals surface area contributed by atoms with Gasteiger partial charge in [-0.1, -0.05) is 24.3 Å². The predicted octanol–water partition coefficient (Wildman–Crippen LogP) is 3.75. The highest BCUT2D eigenvalue weighted by Crippen LogP contribution is 2.29. The van der Waals surface area contributed by atoms with Gasteiger partial charge in [0, 0.05) is 41.2 Å². The van der Waals surface area contributed by atoms with Gasteiger partial charge in [-0.25, -0.2) is 9.97 Å². The number of hydrogen-bond acceptors (Lipinski definition) is 7.